The van der Waals surface area contributed by atoms with E-state index in [-0.39, 0.29) is 31.5 Å². The molecule has 20 heavy (non-hydrogen) atoms. The summed E-state index contributed by atoms with van der Waals surface area (Å²) in [4.78, 5) is 26.7. The van der Waals surface area contributed by atoms with Crippen LogP contribution < -0.4 is 22.1 Å². The number of anilines is 2. The maximum Gasteiger partial charge on any atom is 0.265 e. The minimum absolute atomic E-state index is 0.163. The van der Waals surface area contributed by atoms with E-state index in [9.17, 15) is 9.59 Å². The highest BCUT2D eigenvalue weighted by molar-refractivity contribution is 7.18. The summed E-state index contributed by atoms with van der Waals surface area (Å²) in [5.74, 6) is -0.661. The summed E-state index contributed by atoms with van der Waals surface area (Å²) in [6.07, 6.45) is 0.957. The van der Waals surface area contributed by atoms with Crippen LogP contribution in [0.2, 0.25) is 0 Å². The van der Waals surface area contributed by atoms with Gasteiger partial charge >= 0.3 is 0 Å². The number of thiazole rings is 1. The third kappa shape index (κ3) is 5.41. The lowest BCUT2D eigenvalue weighted by Gasteiger charge is -2.04. The van der Waals surface area contributed by atoms with Gasteiger partial charge in [-0.2, -0.15) is 0 Å². The van der Waals surface area contributed by atoms with Crippen molar-refractivity contribution in [1.29, 1.82) is 0 Å². The van der Waals surface area contributed by atoms with Crippen LogP contribution in [0, 0.1) is 0 Å². The van der Waals surface area contributed by atoms with Gasteiger partial charge in [-0.05, 0) is 6.42 Å². The zero-order chi connectivity index (χ0) is 15.0. The van der Waals surface area contributed by atoms with Gasteiger partial charge in [-0.1, -0.05) is 18.3 Å². The average Bonchev–Trinajstić information content (AvgIpc) is 2.76. The van der Waals surface area contributed by atoms with Gasteiger partial charge in [-0.3, -0.25) is 9.59 Å². The van der Waals surface area contributed by atoms with Crippen molar-refractivity contribution in [3.05, 3.63) is 4.88 Å². The molecule has 0 bridgehead atoms. The smallest absolute Gasteiger partial charge is 0.265 e. The zero-order valence-corrected chi connectivity index (χ0v) is 12.1. The van der Waals surface area contributed by atoms with Crippen LogP contribution >= 0.6 is 11.3 Å². The van der Waals surface area contributed by atoms with Gasteiger partial charge in [0.15, 0.2) is 5.13 Å². The largest absolute Gasteiger partial charge is 0.382 e. The predicted molar refractivity (Wildman–Crippen MR) is 77.7 cm³/mol. The Bertz CT molecular complexity index is 463. The Kier molecular flexibility index (Phi) is 6.74. The molecule has 0 unspecified atom stereocenters. The van der Waals surface area contributed by atoms with Crippen molar-refractivity contribution in [1.82, 2.24) is 10.3 Å². The van der Waals surface area contributed by atoms with Crippen LogP contribution in [0.15, 0.2) is 0 Å². The van der Waals surface area contributed by atoms with Crippen molar-refractivity contribution in [2.45, 2.75) is 13.3 Å². The quantitative estimate of drug-likeness (QED) is 0.466. The first-order valence-corrected chi connectivity index (χ1v) is 7.00. The number of hydrogen-bond acceptors (Lipinski definition) is 7. The highest BCUT2D eigenvalue weighted by Crippen LogP contribution is 2.24. The van der Waals surface area contributed by atoms with E-state index in [1.54, 1.807) is 0 Å². The Balaban J connectivity index is 2.39. The summed E-state index contributed by atoms with van der Waals surface area (Å²) < 4.78 is 4.92. The van der Waals surface area contributed by atoms with E-state index < -0.39 is 5.91 Å². The number of ether oxygens (including phenoxy) is 1. The molecule has 0 spiro atoms. The molecule has 1 aromatic rings. The summed E-state index contributed by atoms with van der Waals surface area (Å²) in [6, 6.07) is 0. The highest BCUT2D eigenvalue weighted by Gasteiger charge is 2.15. The molecule has 8 nitrogen and oxygen atoms in total. The second-order valence-corrected chi connectivity index (χ2v) is 4.93. The van der Waals surface area contributed by atoms with Crippen LogP contribution in [0.3, 0.4) is 0 Å². The molecule has 6 N–H and O–H groups in total. The Morgan fingerprint density at radius 1 is 1.40 bits per heavy atom. The maximum absolute atomic E-state index is 11.9. The minimum Gasteiger partial charge on any atom is -0.382 e. The van der Waals surface area contributed by atoms with Gasteiger partial charge in [0.2, 0.25) is 5.91 Å². The topological polar surface area (TPSA) is 132 Å². The molecule has 0 atom stereocenters. The van der Waals surface area contributed by atoms with Gasteiger partial charge in [-0.25, -0.2) is 4.98 Å². The molecule has 2 amide bonds. The van der Waals surface area contributed by atoms with Gasteiger partial charge in [0.05, 0.1) is 6.61 Å². The molecule has 0 radical (unpaired) electrons. The van der Waals surface area contributed by atoms with Crippen LogP contribution in [-0.2, 0) is 9.53 Å². The maximum atomic E-state index is 11.9. The summed E-state index contributed by atoms with van der Waals surface area (Å²) in [5, 5.41) is 6.32. The van der Waals surface area contributed by atoms with Crippen LogP contribution in [0.1, 0.15) is 23.0 Å². The van der Waals surface area contributed by atoms with Crippen molar-refractivity contribution in [3.63, 3.8) is 0 Å². The summed E-state index contributed by atoms with van der Waals surface area (Å²) in [5.41, 5.74) is 10.6. The van der Waals surface area contributed by atoms with Crippen LogP contribution in [0.25, 0.3) is 0 Å². The van der Waals surface area contributed by atoms with Crippen molar-refractivity contribution in [3.8, 4) is 0 Å². The standard InChI is InChI=1S/C11H19N5O3S/c1-2-3-15-11-16-9(13)8(20-11)10(18)14-4-5-19-6-7(12)17/h2-6,13H2,1H3,(H2,12,17)(H,14,18)(H,15,16). The van der Waals surface area contributed by atoms with Crippen LogP contribution in [0.5, 0.6) is 0 Å². The van der Waals surface area contributed by atoms with E-state index in [0.29, 0.717) is 10.0 Å². The minimum atomic E-state index is -0.547. The third-order valence-electron chi connectivity index (χ3n) is 2.16. The number of primary amides is 1. The fraction of sp³-hybridized carbons (Fsp3) is 0.545. The first-order valence-electron chi connectivity index (χ1n) is 6.19. The molecule has 0 aromatic carbocycles. The Morgan fingerprint density at radius 3 is 2.80 bits per heavy atom. The molecule has 1 aromatic heterocycles. The number of carbonyl (C=O) groups is 2. The van der Waals surface area contributed by atoms with Crippen molar-refractivity contribution in [2.75, 3.05) is 37.4 Å². The molecule has 9 heteroatoms. The predicted octanol–water partition coefficient (Wildman–Crippen LogP) is -0.221. The average molecular weight is 301 g/mol. The Morgan fingerprint density at radius 2 is 2.15 bits per heavy atom. The first kappa shape index (κ1) is 16.2. The zero-order valence-electron chi connectivity index (χ0n) is 11.3. The molecule has 0 aliphatic heterocycles. The lowest BCUT2D eigenvalue weighted by molar-refractivity contribution is -0.122. The monoisotopic (exact) mass is 301 g/mol. The molecule has 0 aliphatic carbocycles. The first-order chi connectivity index (χ1) is 9.54. The van der Waals surface area contributed by atoms with E-state index >= 15 is 0 Å². The Hall–Kier alpha value is -1.87. The van der Waals surface area contributed by atoms with Crippen molar-refractivity contribution in [2.24, 2.45) is 5.73 Å². The van der Waals surface area contributed by atoms with Crippen molar-refractivity contribution < 1.29 is 14.3 Å². The van der Waals surface area contributed by atoms with E-state index in [1.165, 1.54) is 11.3 Å². The number of nitrogen functional groups attached to an aromatic ring is 1. The second kappa shape index (κ2) is 8.33. The molecule has 0 saturated heterocycles. The van der Waals surface area contributed by atoms with Crippen molar-refractivity contribution >= 4 is 34.1 Å². The number of aromatic nitrogens is 1. The second-order valence-electron chi connectivity index (χ2n) is 3.93. The fourth-order valence-electron chi connectivity index (χ4n) is 1.29. The molecule has 0 aliphatic rings. The molecule has 1 rings (SSSR count). The lowest BCUT2D eigenvalue weighted by atomic mass is 10.4. The summed E-state index contributed by atoms with van der Waals surface area (Å²) in [7, 11) is 0. The van der Waals surface area contributed by atoms with Gasteiger partial charge in [0.25, 0.3) is 5.91 Å². The van der Waals surface area contributed by atoms with E-state index in [4.69, 9.17) is 16.2 Å². The number of amides is 2. The lowest BCUT2D eigenvalue weighted by Crippen LogP contribution is -2.28. The SMILES string of the molecule is CCCNc1nc(N)c(C(=O)NCCOCC(N)=O)s1. The van der Waals surface area contributed by atoms with Gasteiger partial charge in [-0.15, -0.1) is 0 Å². The van der Waals surface area contributed by atoms with Gasteiger partial charge in [0.1, 0.15) is 17.3 Å². The number of nitrogens with zero attached hydrogens (tertiary/aromatic N) is 1. The number of carbonyl (C=O) groups excluding carboxylic acids is 2. The van der Waals surface area contributed by atoms with E-state index in [1.807, 2.05) is 6.92 Å². The molecular formula is C11H19N5O3S. The normalized spacial score (nSPS) is 10.2. The molecule has 0 fully saturated rings. The Labute approximate surface area is 120 Å². The molecular weight excluding hydrogens is 282 g/mol. The van der Waals surface area contributed by atoms with Crippen LogP contribution in [-0.4, -0.2) is 43.1 Å². The molecule has 1 heterocycles. The van der Waals surface area contributed by atoms with Crippen LogP contribution in [0.4, 0.5) is 10.9 Å². The third-order valence-corrected chi connectivity index (χ3v) is 3.19. The number of nitrogens with one attached hydrogen (secondary N) is 2. The molecule has 112 valence electrons. The summed E-state index contributed by atoms with van der Waals surface area (Å²) >= 11 is 1.20. The van der Waals surface area contributed by atoms with E-state index in [2.05, 4.69) is 15.6 Å². The number of hydrogen-bond donors (Lipinski definition) is 4. The number of rotatable bonds is 9. The number of nitrogens with two attached hydrogens (primary N) is 2. The molecule has 0 saturated carbocycles. The van der Waals surface area contributed by atoms with Gasteiger partial charge in [0, 0.05) is 13.1 Å². The summed E-state index contributed by atoms with van der Waals surface area (Å²) in [6.45, 7) is 3.11. The fourth-order valence-corrected chi connectivity index (χ4v) is 2.12. The van der Waals surface area contributed by atoms with Gasteiger partial charge < -0.3 is 26.8 Å². The highest BCUT2D eigenvalue weighted by atomic mass is 32.1. The van der Waals surface area contributed by atoms with E-state index in [0.717, 1.165) is 13.0 Å².